The van der Waals surface area contributed by atoms with E-state index in [-0.39, 0.29) is 12.1 Å². The fourth-order valence-corrected chi connectivity index (χ4v) is 3.45. The number of carbonyl (C=O) groups is 1. The number of rotatable bonds is 2. The number of nitrogens with one attached hydrogen (secondary N) is 1. The third-order valence-electron chi connectivity index (χ3n) is 4.04. The Bertz CT molecular complexity index is 707. The van der Waals surface area contributed by atoms with Crippen LogP contribution >= 0.6 is 11.3 Å². The van der Waals surface area contributed by atoms with Crippen molar-refractivity contribution in [3.05, 3.63) is 29.3 Å². The topological polar surface area (TPSA) is 76.6 Å². The lowest BCUT2D eigenvalue weighted by molar-refractivity contribution is 0.170. The zero-order valence-corrected chi connectivity index (χ0v) is 13.2. The monoisotopic (exact) mass is 332 g/mol. The van der Waals surface area contributed by atoms with Crippen molar-refractivity contribution in [2.45, 2.75) is 18.9 Å². The van der Waals surface area contributed by atoms with E-state index >= 15 is 0 Å². The highest BCUT2D eigenvalue weighted by molar-refractivity contribution is 7.13. The predicted octanol–water partition coefficient (Wildman–Crippen LogP) is 2.68. The normalized spacial score (nSPS) is 19.7. The van der Waals surface area contributed by atoms with Gasteiger partial charge >= 0.3 is 6.03 Å². The molecule has 0 saturated carbocycles. The van der Waals surface area contributed by atoms with Crippen LogP contribution in [-0.4, -0.2) is 40.9 Å². The summed E-state index contributed by atoms with van der Waals surface area (Å²) in [6, 6.07) is 5.81. The Labute approximate surface area is 137 Å². The zero-order valence-electron chi connectivity index (χ0n) is 12.4. The number of hydrogen-bond donors (Lipinski definition) is 1. The van der Waals surface area contributed by atoms with Crippen LogP contribution in [0.15, 0.2) is 23.7 Å². The van der Waals surface area contributed by atoms with Crippen LogP contribution in [0.3, 0.4) is 0 Å². The van der Waals surface area contributed by atoms with Gasteiger partial charge in [0.1, 0.15) is 18.7 Å². The molecular weight excluding hydrogens is 316 g/mol. The summed E-state index contributed by atoms with van der Waals surface area (Å²) < 4.78 is 11.2. The minimum Gasteiger partial charge on any atom is -0.486 e. The van der Waals surface area contributed by atoms with Gasteiger partial charge in [0.15, 0.2) is 11.5 Å². The van der Waals surface area contributed by atoms with E-state index in [1.807, 2.05) is 23.1 Å². The minimum absolute atomic E-state index is 0.0405. The molecule has 7 nitrogen and oxygen atoms in total. The highest BCUT2D eigenvalue weighted by atomic mass is 32.1. The van der Waals surface area contributed by atoms with Gasteiger partial charge in [-0.2, -0.15) is 0 Å². The quantitative estimate of drug-likeness (QED) is 0.915. The molecule has 2 amide bonds. The molecule has 0 unspecified atom stereocenters. The molecule has 1 aromatic heterocycles. The average molecular weight is 332 g/mol. The number of carbonyl (C=O) groups excluding carboxylic acids is 1. The van der Waals surface area contributed by atoms with E-state index in [2.05, 4.69) is 15.5 Å². The molecule has 2 aliphatic rings. The van der Waals surface area contributed by atoms with E-state index in [1.165, 1.54) is 11.3 Å². The number of ether oxygens (including phenoxy) is 2. The number of hydrogen-bond acceptors (Lipinski definition) is 6. The first kappa shape index (κ1) is 14.3. The van der Waals surface area contributed by atoms with Gasteiger partial charge in [-0.1, -0.05) is 17.4 Å². The van der Waals surface area contributed by atoms with Crippen molar-refractivity contribution in [1.29, 1.82) is 0 Å². The van der Waals surface area contributed by atoms with E-state index in [9.17, 15) is 4.79 Å². The molecule has 1 fully saturated rings. The Kier molecular flexibility index (Phi) is 3.74. The summed E-state index contributed by atoms with van der Waals surface area (Å²) in [6.07, 6.45) is 1.91. The third kappa shape index (κ3) is 2.81. The summed E-state index contributed by atoms with van der Waals surface area (Å²) in [4.78, 5) is 14.3. The van der Waals surface area contributed by atoms with E-state index in [4.69, 9.17) is 9.47 Å². The van der Waals surface area contributed by atoms with Crippen molar-refractivity contribution in [3.63, 3.8) is 0 Å². The Morgan fingerprint density at radius 2 is 2.17 bits per heavy atom. The molecule has 4 rings (SSSR count). The van der Waals surface area contributed by atoms with Gasteiger partial charge < -0.3 is 14.4 Å². The second-order valence-corrected chi connectivity index (χ2v) is 6.26. The highest BCUT2D eigenvalue weighted by Gasteiger charge is 2.31. The Morgan fingerprint density at radius 1 is 1.30 bits per heavy atom. The van der Waals surface area contributed by atoms with Crippen LogP contribution in [0.5, 0.6) is 11.5 Å². The van der Waals surface area contributed by atoms with Crippen LogP contribution in [0.25, 0.3) is 0 Å². The SMILES string of the molecule is O=C(Nc1nncs1)N1CCC[C@H]1c1ccc2c(c1)OCCO2. The highest BCUT2D eigenvalue weighted by Crippen LogP contribution is 2.38. The molecule has 3 heterocycles. The van der Waals surface area contributed by atoms with E-state index in [0.717, 1.165) is 36.4 Å². The summed E-state index contributed by atoms with van der Waals surface area (Å²) in [7, 11) is 0. The fourth-order valence-electron chi connectivity index (χ4n) is 3.01. The number of urea groups is 1. The van der Waals surface area contributed by atoms with E-state index in [0.29, 0.717) is 18.3 Å². The summed E-state index contributed by atoms with van der Waals surface area (Å²) in [5, 5.41) is 10.9. The molecule has 1 atom stereocenters. The summed E-state index contributed by atoms with van der Waals surface area (Å²) in [6.45, 7) is 1.86. The average Bonchev–Trinajstić information content (AvgIpc) is 3.25. The van der Waals surface area contributed by atoms with Crippen LogP contribution < -0.4 is 14.8 Å². The molecular formula is C15H16N4O3S. The molecule has 0 bridgehead atoms. The maximum Gasteiger partial charge on any atom is 0.324 e. The standard InChI is InChI=1S/C15H16N4O3S/c20-15(17-14-18-16-9-23-14)19-5-1-2-11(19)10-3-4-12-13(8-10)22-7-6-21-12/h3-4,8-9,11H,1-2,5-7H2,(H,17,18,20)/t11-/m0/s1. The van der Waals surface area contributed by atoms with Crippen molar-refractivity contribution >= 4 is 22.5 Å². The zero-order chi connectivity index (χ0) is 15.6. The lowest BCUT2D eigenvalue weighted by atomic mass is 10.0. The maximum atomic E-state index is 12.5. The van der Waals surface area contributed by atoms with Gasteiger partial charge in [0.25, 0.3) is 0 Å². The Balaban J connectivity index is 1.54. The van der Waals surface area contributed by atoms with Crippen LogP contribution in [-0.2, 0) is 0 Å². The van der Waals surface area contributed by atoms with Crippen LogP contribution in [0.1, 0.15) is 24.4 Å². The first-order chi connectivity index (χ1) is 11.3. The molecule has 120 valence electrons. The van der Waals surface area contributed by atoms with Crippen molar-refractivity contribution in [2.75, 3.05) is 25.1 Å². The first-order valence-corrected chi connectivity index (χ1v) is 8.42. The molecule has 1 aromatic carbocycles. The van der Waals surface area contributed by atoms with Crippen LogP contribution in [0.2, 0.25) is 0 Å². The number of nitrogens with zero attached hydrogens (tertiary/aromatic N) is 3. The lowest BCUT2D eigenvalue weighted by Gasteiger charge is -2.26. The molecule has 2 aliphatic heterocycles. The fraction of sp³-hybridized carbons (Fsp3) is 0.400. The molecule has 0 radical (unpaired) electrons. The summed E-state index contributed by atoms with van der Waals surface area (Å²) in [5.74, 6) is 1.52. The number of aromatic nitrogens is 2. The van der Waals surface area contributed by atoms with E-state index in [1.54, 1.807) is 5.51 Å². The Morgan fingerprint density at radius 3 is 3.00 bits per heavy atom. The van der Waals surface area contributed by atoms with Gasteiger partial charge in [-0.25, -0.2) is 4.79 Å². The van der Waals surface area contributed by atoms with Gasteiger partial charge in [0, 0.05) is 6.54 Å². The van der Waals surface area contributed by atoms with Crippen molar-refractivity contribution in [3.8, 4) is 11.5 Å². The second-order valence-electron chi connectivity index (χ2n) is 5.43. The molecule has 23 heavy (non-hydrogen) atoms. The lowest BCUT2D eigenvalue weighted by Crippen LogP contribution is -2.34. The molecule has 0 spiro atoms. The number of amides is 2. The third-order valence-corrected chi connectivity index (χ3v) is 4.65. The van der Waals surface area contributed by atoms with Crippen molar-refractivity contribution in [1.82, 2.24) is 15.1 Å². The van der Waals surface area contributed by atoms with Gasteiger partial charge in [0.05, 0.1) is 6.04 Å². The molecule has 1 N–H and O–H groups in total. The summed E-state index contributed by atoms with van der Waals surface area (Å²) >= 11 is 1.31. The van der Waals surface area contributed by atoms with Gasteiger partial charge in [0.2, 0.25) is 5.13 Å². The molecule has 1 saturated heterocycles. The molecule has 8 heteroatoms. The second kappa shape index (κ2) is 6.04. The van der Waals surface area contributed by atoms with E-state index < -0.39 is 0 Å². The molecule has 0 aliphatic carbocycles. The van der Waals surface area contributed by atoms with Crippen molar-refractivity contribution in [2.24, 2.45) is 0 Å². The van der Waals surface area contributed by atoms with Gasteiger partial charge in [-0.3, -0.25) is 5.32 Å². The smallest absolute Gasteiger partial charge is 0.324 e. The van der Waals surface area contributed by atoms with Crippen molar-refractivity contribution < 1.29 is 14.3 Å². The maximum absolute atomic E-state index is 12.5. The largest absolute Gasteiger partial charge is 0.486 e. The number of likely N-dealkylation sites (tertiary alicyclic amines) is 1. The van der Waals surface area contributed by atoms with Gasteiger partial charge in [-0.15, -0.1) is 10.2 Å². The van der Waals surface area contributed by atoms with Gasteiger partial charge in [-0.05, 0) is 30.5 Å². The molecule has 2 aromatic rings. The number of fused-ring (bicyclic) bond motifs is 1. The van der Waals surface area contributed by atoms with Crippen LogP contribution in [0, 0.1) is 0 Å². The Hall–Kier alpha value is -2.35. The first-order valence-electron chi connectivity index (χ1n) is 7.54. The minimum atomic E-state index is -0.140. The number of anilines is 1. The summed E-state index contributed by atoms with van der Waals surface area (Å²) in [5.41, 5.74) is 2.66. The number of benzene rings is 1. The van der Waals surface area contributed by atoms with Crippen LogP contribution in [0.4, 0.5) is 9.93 Å². The predicted molar refractivity (Wildman–Crippen MR) is 85.0 cm³/mol.